The molecule has 2 saturated heterocycles. The molecule has 26 heavy (non-hydrogen) atoms. The second-order valence-corrected chi connectivity index (χ2v) is 6.59. The highest BCUT2D eigenvalue weighted by molar-refractivity contribution is 5.85. The van der Waals surface area contributed by atoms with Crippen LogP contribution >= 0.6 is 24.8 Å². The molecule has 1 amide bonds. The van der Waals surface area contributed by atoms with E-state index in [-0.39, 0.29) is 30.7 Å². The summed E-state index contributed by atoms with van der Waals surface area (Å²) >= 11 is 0. The number of piperazine rings is 1. The van der Waals surface area contributed by atoms with Crippen molar-refractivity contribution in [2.24, 2.45) is 0 Å². The predicted molar refractivity (Wildman–Crippen MR) is 108 cm³/mol. The minimum atomic E-state index is -0.463. The van der Waals surface area contributed by atoms with E-state index in [0.717, 1.165) is 44.9 Å². The number of carbonyl (C=O) groups excluding carboxylic acids is 1. The number of aliphatic hydroxyl groups is 1. The van der Waals surface area contributed by atoms with E-state index in [2.05, 4.69) is 21.9 Å². The largest absolute Gasteiger partial charge is 0.497 e. The summed E-state index contributed by atoms with van der Waals surface area (Å²) in [7, 11) is 1.68. The number of halogens is 2. The Balaban J connectivity index is 0.00000169. The normalized spacial score (nSPS) is 18.9. The van der Waals surface area contributed by atoms with Crippen molar-refractivity contribution < 1.29 is 14.6 Å². The molecule has 2 heterocycles. The molecule has 0 bridgehead atoms. The summed E-state index contributed by atoms with van der Waals surface area (Å²) in [4.78, 5) is 18.0. The fourth-order valence-corrected chi connectivity index (χ4v) is 3.50. The lowest BCUT2D eigenvalue weighted by molar-refractivity contribution is -0.129. The van der Waals surface area contributed by atoms with Crippen molar-refractivity contribution in [3.63, 3.8) is 0 Å². The Kier molecular flexibility index (Phi) is 9.50. The molecular weight excluding hydrogens is 377 g/mol. The summed E-state index contributed by atoms with van der Waals surface area (Å²) in [6.07, 6.45) is 1.09. The summed E-state index contributed by atoms with van der Waals surface area (Å²) < 4.78 is 5.29. The SMILES string of the molecule is COc1cccc(N2CCN(CC(O)CN3CCCC3=O)CC2)c1.Cl.Cl. The third-order valence-corrected chi connectivity index (χ3v) is 4.86. The maximum absolute atomic E-state index is 11.6. The standard InChI is InChI=1S/C18H27N3O3.2ClH/c1-24-17-5-2-4-15(12-17)20-10-8-19(9-11-20)13-16(22)14-21-7-3-6-18(21)23;;/h2,4-5,12,16,22H,3,6-11,13-14H2,1H3;2*1H. The summed E-state index contributed by atoms with van der Waals surface area (Å²) in [6, 6.07) is 8.13. The molecule has 0 aliphatic carbocycles. The van der Waals surface area contributed by atoms with Gasteiger partial charge in [0.25, 0.3) is 0 Å². The number of methoxy groups -OCH3 is 1. The maximum atomic E-state index is 11.6. The Morgan fingerprint density at radius 3 is 2.46 bits per heavy atom. The molecule has 0 aromatic heterocycles. The highest BCUT2D eigenvalue weighted by Gasteiger charge is 2.25. The lowest BCUT2D eigenvalue weighted by Gasteiger charge is -2.37. The number of rotatable bonds is 6. The van der Waals surface area contributed by atoms with Crippen LogP contribution in [0.5, 0.6) is 5.75 Å². The second kappa shape index (κ2) is 10.8. The van der Waals surface area contributed by atoms with Gasteiger partial charge in [-0.05, 0) is 18.6 Å². The number of anilines is 1. The molecular formula is C18H29Cl2N3O3. The number of ether oxygens (including phenoxy) is 1. The number of hydrogen-bond acceptors (Lipinski definition) is 5. The molecule has 1 unspecified atom stereocenters. The molecule has 1 aromatic rings. The number of amides is 1. The van der Waals surface area contributed by atoms with Crippen molar-refractivity contribution in [3.8, 4) is 5.75 Å². The van der Waals surface area contributed by atoms with E-state index in [0.29, 0.717) is 19.5 Å². The molecule has 6 nitrogen and oxygen atoms in total. The first-order valence-corrected chi connectivity index (χ1v) is 8.73. The van der Waals surface area contributed by atoms with Crippen molar-refractivity contribution >= 4 is 36.4 Å². The third kappa shape index (κ3) is 5.91. The third-order valence-electron chi connectivity index (χ3n) is 4.86. The Morgan fingerprint density at radius 2 is 1.85 bits per heavy atom. The fraction of sp³-hybridized carbons (Fsp3) is 0.611. The smallest absolute Gasteiger partial charge is 0.222 e. The Labute approximate surface area is 167 Å². The lowest BCUT2D eigenvalue weighted by atomic mass is 10.2. The first kappa shape index (κ1) is 22.8. The van der Waals surface area contributed by atoms with E-state index in [9.17, 15) is 9.90 Å². The van der Waals surface area contributed by atoms with E-state index in [1.807, 2.05) is 12.1 Å². The molecule has 3 rings (SSSR count). The Morgan fingerprint density at radius 1 is 1.12 bits per heavy atom. The van der Waals surface area contributed by atoms with Gasteiger partial charge in [-0.15, -0.1) is 24.8 Å². The zero-order chi connectivity index (χ0) is 16.9. The number of hydrogen-bond donors (Lipinski definition) is 1. The van der Waals surface area contributed by atoms with E-state index in [4.69, 9.17) is 4.74 Å². The maximum Gasteiger partial charge on any atom is 0.222 e. The van der Waals surface area contributed by atoms with Gasteiger partial charge in [0.05, 0.1) is 13.2 Å². The zero-order valence-corrected chi connectivity index (χ0v) is 16.8. The number of β-amino-alcohol motifs (C(OH)–C–C–N with tert-alkyl or cyclic N) is 1. The van der Waals surface area contributed by atoms with Gasteiger partial charge in [0.1, 0.15) is 5.75 Å². The van der Waals surface area contributed by atoms with E-state index >= 15 is 0 Å². The highest BCUT2D eigenvalue weighted by atomic mass is 35.5. The molecule has 148 valence electrons. The second-order valence-electron chi connectivity index (χ2n) is 6.59. The van der Waals surface area contributed by atoms with Crippen LogP contribution in [0.1, 0.15) is 12.8 Å². The van der Waals surface area contributed by atoms with Gasteiger partial charge < -0.3 is 19.6 Å². The molecule has 2 aliphatic rings. The first-order valence-electron chi connectivity index (χ1n) is 8.73. The minimum absolute atomic E-state index is 0. The van der Waals surface area contributed by atoms with Crippen molar-refractivity contribution in [1.82, 2.24) is 9.80 Å². The molecule has 8 heteroatoms. The lowest BCUT2D eigenvalue weighted by Crippen LogP contribution is -2.50. The highest BCUT2D eigenvalue weighted by Crippen LogP contribution is 2.22. The molecule has 1 aromatic carbocycles. The molecule has 2 fully saturated rings. The Hall–Kier alpha value is -1.21. The number of benzene rings is 1. The van der Waals surface area contributed by atoms with Crippen LogP contribution in [-0.2, 0) is 4.79 Å². The molecule has 0 saturated carbocycles. The van der Waals surface area contributed by atoms with Gasteiger partial charge in [-0.1, -0.05) is 6.07 Å². The van der Waals surface area contributed by atoms with Crippen molar-refractivity contribution in [1.29, 1.82) is 0 Å². The first-order chi connectivity index (χ1) is 11.7. The van der Waals surface area contributed by atoms with Gasteiger partial charge >= 0.3 is 0 Å². The number of nitrogens with zero attached hydrogens (tertiary/aromatic N) is 3. The quantitative estimate of drug-likeness (QED) is 0.779. The minimum Gasteiger partial charge on any atom is -0.497 e. The fourth-order valence-electron chi connectivity index (χ4n) is 3.50. The van der Waals surface area contributed by atoms with Gasteiger partial charge in [-0.3, -0.25) is 9.69 Å². The number of aliphatic hydroxyl groups excluding tert-OH is 1. The van der Waals surface area contributed by atoms with Crippen LogP contribution in [0.2, 0.25) is 0 Å². The summed E-state index contributed by atoms with van der Waals surface area (Å²) in [5.41, 5.74) is 1.18. The van der Waals surface area contributed by atoms with Crippen molar-refractivity contribution in [2.45, 2.75) is 18.9 Å². The van der Waals surface area contributed by atoms with Crippen molar-refractivity contribution in [2.75, 3.05) is 57.8 Å². The zero-order valence-electron chi connectivity index (χ0n) is 15.2. The van der Waals surface area contributed by atoms with Crippen LogP contribution in [-0.4, -0.2) is 79.8 Å². The van der Waals surface area contributed by atoms with E-state index in [1.165, 1.54) is 5.69 Å². The van der Waals surface area contributed by atoms with Crippen LogP contribution in [0.4, 0.5) is 5.69 Å². The molecule has 2 aliphatic heterocycles. The molecule has 0 spiro atoms. The van der Waals surface area contributed by atoms with E-state index < -0.39 is 6.10 Å². The average Bonchev–Trinajstić information content (AvgIpc) is 3.00. The van der Waals surface area contributed by atoms with Crippen LogP contribution in [0, 0.1) is 0 Å². The van der Waals surface area contributed by atoms with Crippen LogP contribution in [0.25, 0.3) is 0 Å². The predicted octanol–water partition coefficient (Wildman–Crippen LogP) is 1.64. The number of likely N-dealkylation sites (tertiary alicyclic amines) is 1. The molecule has 0 radical (unpaired) electrons. The monoisotopic (exact) mass is 405 g/mol. The number of carbonyl (C=O) groups is 1. The molecule has 1 N–H and O–H groups in total. The average molecular weight is 406 g/mol. The van der Waals surface area contributed by atoms with E-state index in [1.54, 1.807) is 12.0 Å². The van der Waals surface area contributed by atoms with Crippen LogP contribution in [0.3, 0.4) is 0 Å². The summed E-state index contributed by atoms with van der Waals surface area (Å²) in [5, 5.41) is 10.3. The molecule has 1 atom stereocenters. The van der Waals surface area contributed by atoms with Crippen molar-refractivity contribution in [3.05, 3.63) is 24.3 Å². The summed E-state index contributed by atoms with van der Waals surface area (Å²) in [5.74, 6) is 1.05. The topological polar surface area (TPSA) is 56.2 Å². The van der Waals surface area contributed by atoms with Crippen LogP contribution in [0.15, 0.2) is 24.3 Å². The Bertz CT molecular complexity index is 568. The van der Waals surface area contributed by atoms with Gasteiger partial charge in [0.2, 0.25) is 5.91 Å². The van der Waals surface area contributed by atoms with Gasteiger partial charge in [0, 0.05) is 64.0 Å². The summed E-state index contributed by atoms with van der Waals surface area (Å²) in [6.45, 7) is 5.60. The van der Waals surface area contributed by atoms with Gasteiger partial charge in [-0.2, -0.15) is 0 Å². The van der Waals surface area contributed by atoms with Gasteiger partial charge in [-0.25, -0.2) is 0 Å². The van der Waals surface area contributed by atoms with Gasteiger partial charge in [0.15, 0.2) is 0 Å². The van der Waals surface area contributed by atoms with Crippen LogP contribution < -0.4 is 9.64 Å².